The topological polar surface area (TPSA) is 77.5 Å². The van der Waals surface area contributed by atoms with Gasteiger partial charge in [-0.25, -0.2) is 5.43 Å². The number of rotatable bonds is 3. The summed E-state index contributed by atoms with van der Waals surface area (Å²) >= 11 is 3.43. The second-order valence-corrected chi connectivity index (χ2v) is 5.60. The predicted octanol–water partition coefficient (Wildman–Crippen LogP) is 3.40. The molecule has 0 aliphatic heterocycles. The zero-order valence-corrected chi connectivity index (χ0v) is 13.0. The number of aromatic hydroxyl groups is 1. The number of carbonyl (C=O) groups excluding carboxylic acids is 1. The van der Waals surface area contributed by atoms with E-state index in [1.54, 1.807) is 6.21 Å². The van der Waals surface area contributed by atoms with Crippen molar-refractivity contribution < 1.29 is 9.90 Å². The van der Waals surface area contributed by atoms with Gasteiger partial charge in [0.15, 0.2) is 0 Å². The van der Waals surface area contributed by atoms with Crippen molar-refractivity contribution in [1.82, 2.24) is 10.4 Å². The van der Waals surface area contributed by atoms with Gasteiger partial charge in [0.25, 0.3) is 5.91 Å². The van der Waals surface area contributed by atoms with E-state index in [2.05, 4.69) is 31.4 Å². The van der Waals surface area contributed by atoms with Gasteiger partial charge in [0.05, 0.1) is 6.21 Å². The van der Waals surface area contributed by atoms with E-state index in [1.165, 1.54) is 24.3 Å². The minimum Gasteiger partial charge on any atom is -0.508 e. The number of amides is 1. The van der Waals surface area contributed by atoms with Gasteiger partial charge in [0, 0.05) is 32.7 Å². The Morgan fingerprint density at radius 3 is 2.77 bits per heavy atom. The largest absolute Gasteiger partial charge is 0.508 e. The van der Waals surface area contributed by atoms with Crippen LogP contribution in [-0.2, 0) is 0 Å². The molecule has 110 valence electrons. The molecule has 0 aliphatic carbocycles. The fourth-order valence-electron chi connectivity index (χ4n) is 2.06. The number of nitrogens with zero attached hydrogens (tertiary/aromatic N) is 1. The lowest BCUT2D eigenvalue weighted by atomic mass is 10.2. The number of hydrogen-bond acceptors (Lipinski definition) is 3. The number of aromatic nitrogens is 1. The highest BCUT2D eigenvalue weighted by Crippen LogP contribution is 2.21. The van der Waals surface area contributed by atoms with Crippen molar-refractivity contribution >= 4 is 39.0 Å². The standard InChI is InChI=1S/C16H12BrN3O2/c17-12-3-6-15-14(7-12)11(8-18-15)9-19-20-16(22)10-1-4-13(21)5-2-10/h1-9,18,21H,(H,20,22)/b19-9+. The minimum absolute atomic E-state index is 0.115. The Morgan fingerprint density at radius 2 is 2.00 bits per heavy atom. The molecule has 0 spiro atoms. The lowest BCUT2D eigenvalue weighted by molar-refractivity contribution is 0.0955. The SMILES string of the molecule is O=C(N/N=C/c1c[nH]c2ccc(Br)cc12)c1ccc(O)cc1. The Morgan fingerprint density at radius 1 is 1.23 bits per heavy atom. The van der Waals surface area contributed by atoms with Gasteiger partial charge in [-0.15, -0.1) is 0 Å². The predicted molar refractivity (Wildman–Crippen MR) is 89.2 cm³/mol. The van der Waals surface area contributed by atoms with Crippen molar-refractivity contribution in [3.8, 4) is 5.75 Å². The molecule has 1 amide bonds. The van der Waals surface area contributed by atoms with Crippen LogP contribution in [0.25, 0.3) is 10.9 Å². The molecule has 0 saturated heterocycles. The van der Waals surface area contributed by atoms with Crippen LogP contribution in [0.3, 0.4) is 0 Å². The van der Waals surface area contributed by atoms with Crippen LogP contribution in [0.5, 0.6) is 5.75 Å². The van der Waals surface area contributed by atoms with E-state index in [0.717, 1.165) is 20.9 Å². The summed E-state index contributed by atoms with van der Waals surface area (Å²) in [4.78, 5) is 15.0. The first-order valence-electron chi connectivity index (χ1n) is 6.52. The van der Waals surface area contributed by atoms with E-state index in [9.17, 15) is 9.90 Å². The molecule has 5 nitrogen and oxygen atoms in total. The highest BCUT2D eigenvalue weighted by Gasteiger charge is 2.04. The normalized spacial score (nSPS) is 11.1. The highest BCUT2D eigenvalue weighted by atomic mass is 79.9. The number of carbonyl (C=O) groups is 1. The zero-order valence-electron chi connectivity index (χ0n) is 11.4. The van der Waals surface area contributed by atoms with E-state index in [-0.39, 0.29) is 11.7 Å². The fourth-order valence-corrected chi connectivity index (χ4v) is 2.42. The average Bonchev–Trinajstić information content (AvgIpc) is 2.90. The van der Waals surface area contributed by atoms with Gasteiger partial charge in [-0.2, -0.15) is 5.10 Å². The summed E-state index contributed by atoms with van der Waals surface area (Å²) in [6.07, 6.45) is 3.41. The molecule has 3 N–H and O–H groups in total. The molecular weight excluding hydrogens is 346 g/mol. The van der Waals surface area contributed by atoms with Gasteiger partial charge in [0.1, 0.15) is 5.75 Å². The van der Waals surface area contributed by atoms with E-state index < -0.39 is 0 Å². The fraction of sp³-hybridized carbons (Fsp3) is 0. The third kappa shape index (κ3) is 3.01. The zero-order chi connectivity index (χ0) is 15.5. The van der Waals surface area contributed by atoms with Crippen LogP contribution in [-0.4, -0.2) is 22.2 Å². The van der Waals surface area contributed by atoms with Crippen LogP contribution < -0.4 is 5.43 Å². The molecule has 0 saturated carbocycles. The van der Waals surface area contributed by atoms with Crippen LogP contribution in [0.15, 0.2) is 58.2 Å². The maximum absolute atomic E-state index is 11.9. The number of hydrogen-bond donors (Lipinski definition) is 3. The third-order valence-corrected chi connectivity index (χ3v) is 3.67. The molecule has 2 aromatic carbocycles. The van der Waals surface area contributed by atoms with Crippen LogP contribution in [0.4, 0.5) is 0 Å². The van der Waals surface area contributed by atoms with Crippen molar-refractivity contribution in [3.63, 3.8) is 0 Å². The van der Waals surface area contributed by atoms with Gasteiger partial charge in [-0.3, -0.25) is 4.79 Å². The molecule has 0 radical (unpaired) electrons. The molecule has 0 unspecified atom stereocenters. The van der Waals surface area contributed by atoms with Crippen LogP contribution in [0.2, 0.25) is 0 Å². The van der Waals surface area contributed by atoms with Gasteiger partial charge < -0.3 is 10.1 Å². The molecule has 0 atom stereocenters. The molecule has 3 aromatic rings. The molecule has 22 heavy (non-hydrogen) atoms. The van der Waals surface area contributed by atoms with Crippen LogP contribution in [0.1, 0.15) is 15.9 Å². The summed E-state index contributed by atoms with van der Waals surface area (Å²) in [7, 11) is 0. The number of nitrogens with one attached hydrogen (secondary N) is 2. The van der Waals surface area contributed by atoms with E-state index in [1.807, 2.05) is 24.4 Å². The Balaban J connectivity index is 1.74. The number of halogens is 1. The Labute approximate surface area is 134 Å². The Kier molecular flexibility index (Phi) is 3.93. The van der Waals surface area contributed by atoms with Gasteiger partial charge in [-0.05, 0) is 42.5 Å². The van der Waals surface area contributed by atoms with Crippen LogP contribution in [0, 0.1) is 0 Å². The Hall–Kier alpha value is -2.60. The first-order valence-corrected chi connectivity index (χ1v) is 7.32. The molecule has 1 aromatic heterocycles. The van der Waals surface area contributed by atoms with Crippen molar-refractivity contribution in [2.45, 2.75) is 0 Å². The summed E-state index contributed by atoms with van der Waals surface area (Å²) in [5.41, 5.74) is 4.76. The van der Waals surface area contributed by atoms with Crippen LogP contribution >= 0.6 is 15.9 Å². The van der Waals surface area contributed by atoms with Crippen molar-refractivity contribution in [1.29, 1.82) is 0 Å². The molecule has 0 fully saturated rings. The maximum atomic E-state index is 11.9. The molecule has 6 heteroatoms. The van der Waals surface area contributed by atoms with E-state index >= 15 is 0 Å². The average molecular weight is 358 g/mol. The third-order valence-electron chi connectivity index (χ3n) is 3.18. The smallest absolute Gasteiger partial charge is 0.271 e. The molecule has 3 rings (SSSR count). The van der Waals surface area contributed by atoms with Crippen molar-refractivity contribution in [2.75, 3.05) is 0 Å². The van der Waals surface area contributed by atoms with Crippen molar-refractivity contribution in [2.24, 2.45) is 5.10 Å². The molecular formula is C16H12BrN3O2. The summed E-state index contributed by atoms with van der Waals surface area (Å²) in [5, 5.41) is 14.2. The van der Waals surface area contributed by atoms with Crippen molar-refractivity contribution in [3.05, 3.63) is 64.3 Å². The molecule has 0 bridgehead atoms. The number of aromatic amines is 1. The number of fused-ring (bicyclic) bond motifs is 1. The maximum Gasteiger partial charge on any atom is 0.271 e. The lowest BCUT2D eigenvalue weighted by Crippen LogP contribution is -2.17. The Bertz CT molecular complexity index is 853. The summed E-state index contributed by atoms with van der Waals surface area (Å²) < 4.78 is 0.974. The van der Waals surface area contributed by atoms with Gasteiger partial charge in [0.2, 0.25) is 0 Å². The monoisotopic (exact) mass is 357 g/mol. The van der Waals surface area contributed by atoms with E-state index in [4.69, 9.17) is 0 Å². The highest BCUT2D eigenvalue weighted by molar-refractivity contribution is 9.10. The minimum atomic E-state index is -0.336. The first kappa shape index (κ1) is 14.3. The van der Waals surface area contributed by atoms with Gasteiger partial charge >= 0.3 is 0 Å². The number of phenols is 1. The number of H-pyrrole nitrogens is 1. The first-order chi connectivity index (χ1) is 10.6. The molecule has 0 aliphatic rings. The second-order valence-electron chi connectivity index (χ2n) is 4.68. The quantitative estimate of drug-likeness (QED) is 0.496. The second kappa shape index (κ2) is 6.03. The lowest BCUT2D eigenvalue weighted by Gasteiger charge is -1.99. The summed E-state index contributed by atoms with van der Waals surface area (Å²) in [6.45, 7) is 0. The summed E-state index contributed by atoms with van der Waals surface area (Å²) in [5.74, 6) is -0.221. The van der Waals surface area contributed by atoms with E-state index in [0.29, 0.717) is 5.56 Å². The van der Waals surface area contributed by atoms with Gasteiger partial charge in [-0.1, -0.05) is 15.9 Å². The summed E-state index contributed by atoms with van der Waals surface area (Å²) in [6, 6.07) is 11.9. The molecule has 1 heterocycles. The number of phenolic OH excluding ortho intramolecular Hbond substituents is 1. The number of hydrazone groups is 1. The number of benzene rings is 2.